The molecule has 0 aliphatic heterocycles. The Morgan fingerprint density at radius 3 is 2.07 bits per heavy atom. The highest BCUT2D eigenvalue weighted by atomic mass is 16.5. The van der Waals surface area contributed by atoms with Crippen molar-refractivity contribution in [2.45, 2.75) is 52.9 Å². The molecule has 0 aliphatic rings. The highest BCUT2D eigenvalue weighted by Crippen LogP contribution is 2.11. The molecule has 0 aromatic heterocycles. The number of rotatable bonds is 8. The number of likely N-dealkylation sites (N-methyl/N-ethyl adjacent to an activating group) is 1. The first-order valence-corrected chi connectivity index (χ1v) is 5.90. The first kappa shape index (κ1) is 14.9. The normalized spacial score (nSPS) is 16.0. The Hall–Kier alpha value is -0.120. The number of hydrogen-bond donors (Lipinski definition) is 1. The van der Waals surface area contributed by atoms with Crippen molar-refractivity contribution in [2.24, 2.45) is 5.92 Å². The Labute approximate surface area is 94.5 Å². The van der Waals surface area contributed by atoms with Gasteiger partial charge in [-0.15, -0.1) is 0 Å². The summed E-state index contributed by atoms with van der Waals surface area (Å²) in [6.07, 6.45) is 0.486. The third kappa shape index (κ3) is 6.13. The van der Waals surface area contributed by atoms with E-state index >= 15 is 0 Å². The Morgan fingerprint density at radius 2 is 1.73 bits per heavy atom. The molecule has 0 rings (SSSR count). The maximum atomic E-state index is 5.65. The molecule has 0 heterocycles. The molecule has 0 spiro atoms. The molecule has 0 aromatic rings. The van der Waals surface area contributed by atoms with Gasteiger partial charge >= 0.3 is 0 Å². The van der Waals surface area contributed by atoms with Crippen LogP contribution in [-0.4, -0.2) is 38.5 Å². The van der Waals surface area contributed by atoms with Gasteiger partial charge in [0.15, 0.2) is 0 Å². The van der Waals surface area contributed by atoms with Gasteiger partial charge < -0.3 is 14.8 Å². The summed E-state index contributed by atoms with van der Waals surface area (Å²) in [6, 6.07) is 0.280. The first-order chi connectivity index (χ1) is 7.02. The molecule has 0 amide bonds. The lowest BCUT2D eigenvalue weighted by atomic mass is 10.00. The minimum Gasteiger partial charge on any atom is -0.379 e. The lowest BCUT2D eigenvalue weighted by Crippen LogP contribution is -2.47. The summed E-state index contributed by atoms with van der Waals surface area (Å²) < 4.78 is 11.2. The van der Waals surface area contributed by atoms with Crippen LogP contribution in [0.2, 0.25) is 0 Å². The molecule has 2 unspecified atom stereocenters. The van der Waals surface area contributed by atoms with E-state index in [1.807, 2.05) is 0 Å². The van der Waals surface area contributed by atoms with Crippen molar-refractivity contribution >= 4 is 0 Å². The Balaban J connectivity index is 4.20. The molecule has 1 N–H and O–H groups in total. The van der Waals surface area contributed by atoms with Crippen LogP contribution in [0.25, 0.3) is 0 Å². The van der Waals surface area contributed by atoms with Crippen molar-refractivity contribution in [1.82, 2.24) is 5.32 Å². The second kappa shape index (κ2) is 8.08. The van der Waals surface area contributed by atoms with E-state index in [0.29, 0.717) is 12.5 Å². The van der Waals surface area contributed by atoms with Gasteiger partial charge in [-0.05, 0) is 26.3 Å². The molecule has 0 bridgehead atoms. The van der Waals surface area contributed by atoms with Gasteiger partial charge in [0.1, 0.15) is 0 Å². The maximum Gasteiger partial charge on any atom is 0.0769 e. The van der Waals surface area contributed by atoms with E-state index in [1.54, 1.807) is 7.11 Å². The van der Waals surface area contributed by atoms with Crippen molar-refractivity contribution < 1.29 is 9.47 Å². The van der Waals surface area contributed by atoms with Crippen LogP contribution >= 0.6 is 0 Å². The molecule has 15 heavy (non-hydrogen) atoms. The molecule has 0 aromatic carbocycles. The van der Waals surface area contributed by atoms with Crippen molar-refractivity contribution in [2.75, 3.05) is 20.3 Å². The van der Waals surface area contributed by atoms with Gasteiger partial charge in [-0.25, -0.2) is 0 Å². The van der Waals surface area contributed by atoms with E-state index in [4.69, 9.17) is 9.47 Å². The van der Waals surface area contributed by atoms with E-state index < -0.39 is 0 Å². The third-order valence-corrected chi connectivity index (χ3v) is 2.40. The molecule has 92 valence electrons. The smallest absolute Gasteiger partial charge is 0.0769 e. The van der Waals surface area contributed by atoms with E-state index in [0.717, 1.165) is 6.54 Å². The molecule has 0 saturated heterocycles. The predicted octanol–water partition coefficient (Wildman–Crippen LogP) is 2.06. The van der Waals surface area contributed by atoms with Gasteiger partial charge in [-0.3, -0.25) is 0 Å². The number of ether oxygens (including phenoxy) is 2. The van der Waals surface area contributed by atoms with Gasteiger partial charge in [0.05, 0.1) is 24.9 Å². The standard InChI is InChI=1S/C12H27NO2/c1-7-13-11(8-15-10(4)5)12(14-6)9(2)3/h9-13H,7-8H2,1-6H3. The second-order valence-electron chi connectivity index (χ2n) is 4.49. The van der Waals surface area contributed by atoms with Gasteiger partial charge in [0, 0.05) is 7.11 Å². The van der Waals surface area contributed by atoms with E-state index in [1.165, 1.54) is 0 Å². The second-order valence-corrected chi connectivity index (χ2v) is 4.49. The monoisotopic (exact) mass is 217 g/mol. The van der Waals surface area contributed by atoms with Crippen LogP contribution in [0.15, 0.2) is 0 Å². The summed E-state index contributed by atoms with van der Waals surface area (Å²) in [4.78, 5) is 0. The van der Waals surface area contributed by atoms with Gasteiger partial charge in [0.25, 0.3) is 0 Å². The fourth-order valence-corrected chi connectivity index (χ4v) is 1.73. The highest BCUT2D eigenvalue weighted by molar-refractivity contribution is 4.79. The van der Waals surface area contributed by atoms with Crippen molar-refractivity contribution in [3.8, 4) is 0 Å². The molecule has 2 atom stereocenters. The van der Waals surface area contributed by atoms with Crippen LogP contribution in [0.4, 0.5) is 0 Å². The van der Waals surface area contributed by atoms with Gasteiger partial charge in [-0.2, -0.15) is 0 Å². The molecular formula is C12H27NO2. The Bertz CT molecular complexity index is 149. The fraction of sp³-hybridized carbons (Fsp3) is 1.00. The summed E-state index contributed by atoms with van der Waals surface area (Å²) in [7, 11) is 1.77. The third-order valence-electron chi connectivity index (χ3n) is 2.40. The van der Waals surface area contributed by atoms with Crippen LogP contribution in [-0.2, 0) is 9.47 Å². The molecular weight excluding hydrogens is 190 g/mol. The zero-order valence-corrected chi connectivity index (χ0v) is 11.0. The molecule has 0 fully saturated rings. The minimum atomic E-state index is 0.212. The van der Waals surface area contributed by atoms with Gasteiger partial charge in [-0.1, -0.05) is 20.8 Å². The van der Waals surface area contributed by atoms with Crippen molar-refractivity contribution in [3.63, 3.8) is 0 Å². The first-order valence-electron chi connectivity index (χ1n) is 5.90. The number of hydrogen-bond acceptors (Lipinski definition) is 3. The van der Waals surface area contributed by atoms with Crippen molar-refractivity contribution in [1.29, 1.82) is 0 Å². The van der Waals surface area contributed by atoms with E-state index in [-0.39, 0.29) is 18.2 Å². The van der Waals surface area contributed by atoms with Crippen LogP contribution in [0, 0.1) is 5.92 Å². The maximum absolute atomic E-state index is 5.65. The summed E-state index contributed by atoms with van der Waals surface area (Å²) in [6.45, 7) is 12.2. The summed E-state index contributed by atoms with van der Waals surface area (Å²) in [5, 5.41) is 3.42. The van der Waals surface area contributed by atoms with Crippen LogP contribution < -0.4 is 5.32 Å². The average molecular weight is 217 g/mol. The molecule has 0 radical (unpaired) electrons. The fourth-order valence-electron chi connectivity index (χ4n) is 1.73. The minimum absolute atomic E-state index is 0.212. The summed E-state index contributed by atoms with van der Waals surface area (Å²) in [5.41, 5.74) is 0. The van der Waals surface area contributed by atoms with Crippen LogP contribution in [0.3, 0.4) is 0 Å². The SMILES string of the molecule is CCNC(COC(C)C)C(OC)C(C)C. The summed E-state index contributed by atoms with van der Waals surface area (Å²) in [5.74, 6) is 0.495. The largest absolute Gasteiger partial charge is 0.379 e. The lowest BCUT2D eigenvalue weighted by molar-refractivity contribution is -0.0164. The van der Waals surface area contributed by atoms with Crippen molar-refractivity contribution in [3.05, 3.63) is 0 Å². The van der Waals surface area contributed by atoms with E-state index in [2.05, 4.69) is 39.9 Å². The summed E-state index contributed by atoms with van der Waals surface area (Å²) >= 11 is 0. The zero-order valence-electron chi connectivity index (χ0n) is 11.0. The van der Waals surface area contributed by atoms with E-state index in [9.17, 15) is 0 Å². The Morgan fingerprint density at radius 1 is 1.13 bits per heavy atom. The van der Waals surface area contributed by atoms with Gasteiger partial charge in [0.2, 0.25) is 0 Å². The Kier molecular flexibility index (Phi) is 8.02. The van der Waals surface area contributed by atoms with Crippen LogP contribution in [0.1, 0.15) is 34.6 Å². The molecule has 0 saturated carbocycles. The lowest BCUT2D eigenvalue weighted by Gasteiger charge is -2.30. The van der Waals surface area contributed by atoms with Crippen LogP contribution in [0.5, 0.6) is 0 Å². The number of nitrogens with one attached hydrogen (secondary N) is 1. The zero-order chi connectivity index (χ0) is 11.8. The molecule has 0 aliphatic carbocycles. The predicted molar refractivity (Wildman–Crippen MR) is 64.2 cm³/mol. The number of methoxy groups -OCH3 is 1. The topological polar surface area (TPSA) is 30.5 Å². The quantitative estimate of drug-likeness (QED) is 0.675. The highest BCUT2D eigenvalue weighted by Gasteiger charge is 2.23. The molecule has 3 nitrogen and oxygen atoms in total. The average Bonchev–Trinajstić information content (AvgIpc) is 2.14. The molecule has 3 heteroatoms.